The molecular formula is C9H14N2O. The lowest BCUT2D eigenvalue weighted by Gasteiger charge is -2.12. The van der Waals surface area contributed by atoms with Crippen molar-refractivity contribution < 1.29 is 4.74 Å². The third-order valence-electron chi connectivity index (χ3n) is 1.45. The summed E-state index contributed by atoms with van der Waals surface area (Å²) in [4.78, 5) is 3.96. The molecule has 0 aliphatic rings. The van der Waals surface area contributed by atoms with Crippen molar-refractivity contribution >= 4 is 5.69 Å². The van der Waals surface area contributed by atoms with Gasteiger partial charge in [-0.2, -0.15) is 0 Å². The van der Waals surface area contributed by atoms with Crippen molar-refractivity contribution in [3.63, 3.8) is 0 Å². The molecule has 0 saturated heterocycles. The van der Waals surface area contributed by atoms with Crippen LogP contribution in [0.2, 0.25) is 0 Å². The van der Waals surface area contributed by atoms with E-state index in [1.165, 1.54) is 0 Å². The smallest absolute Gasteiger partial charge is 0.160 e. The van der Waals surface area contributed by atoms with E-state index < -0.39 is 0 Å². The number of rotatable bonds is 3. The Morgan fingerprint density at radius 1 is 1.50 bits per heavy atom. The van der Waals surface area contributed by atoms with Gasteiger partial charge in [-0.05, 0) is 19.9 Å². The Bertz CT molecular complexity index is 248. The summed E-state index contributed by atoms with van der Waals surface area (Å²) in [5.74, 6) is 0.784. The van der Waals surface area contributed by atoms with Crippen molar-refractivity contribution in [3.05, 3.63) is 18.5 Å². The van der Waals surface area contributed by atoms with Gasteiger partial charge in [-0.3, -0.25) is 4.98 Å². The molecule has 1 aromatic heterocycles. The predicted octanol–water partition coefficient (Wildman–Crippen LogP) is 1.91. The highest BCUT2D eigenvalue weighted by molar-refractivity contribution is 5.54. The molecule has 0 spiro atoms. The number of pyridine rings is 1. The van der Waals surface area contributed by atoms with Gasteiger partial charge in [-0.15, -0.1) is 0 Å². The second-order valence-corrected chi connectivity index (χ2v) is 2.87. The Balaban J connectivity index is 2.82. The first-order chi connectivity index (χ1) is 5.74. The summed E-state index contributed by atoms with van der Waals surface area (Å²) in [7, 11) is 1.64. The van der Waals surface area contributed by atoms with E-state index in [0.29, 0.717) is 6.04 Å². The first kappa shape index (κ1) is 8.84. The molecule has 66 valence electrons. The van der Waals surface area contributed by atoms with Crippen LogP contribution in [0.4, 0.5) is 5.69 Å². The van der Waals surface area contributed by atoms with Crippen LogP contribution >= 0.6 is 0 Å². The van der Waals surface area contributed by atoms with Crippen LogP contribution in [0, 0.1) is 0 Å². The fourth-order valence-corrected chi connectivity index (χ4v) is 0.973. The van der Waals surface area contributed by atoms with Crippen LogP contribution < -0.4 is 10.1 Å². The largest absolute Gasteiger partial charge is 0.493 e. The second kappa shape index (κ2) is 3.95. The van der Waals surface area contributed by atoms with E-state index in [4.69, 9.17) is 4.74 Å². The monoisotopic (exact) mass is 166 g/mol. The molecule has 0 aliphatic carbocycles. The van der Waals surface area contributed by atoms with Gasteiger partial charge in [0.1, 0.15) is 0 Å². The number of methoxy groups -OCH3 is 1. The number of nitrogens with one attached hydrogen (secondary N) is 1. The first-order valence-electron chi connectivity index (χ1n) is 3.98. The average molecular weight is 166 g/mol. The Hall–Kier alpha value is -1.25. The molecule has 0 saturated carbocycles. The topological polar surface area (TPSA) is 34.1 Å². The molecule has 0 radical (unpaired) electrons. The summed E-state index contributed by atoms with van der Waals surface area (Å²) >= 11 is 0. The van der Waals surface area contributed by atoms with Crippen LogP contribution in [0.15, 0.2) is 18.5 Å². The Morgan fingerprint density at radius 2 is 2.25 bits per heavy atom. The number of aromatic nitrogens is 1. The third-order valence-corrected chi connectivity index (χ3v) is 1.45. The average Bonchev–Trinajstić information content (AvgIpc) is 2.04. The van der Waals surface area contributed by atoms with Crippen LogP contribution in [0.25, 0.3) is 0 Å². The van der Waals surface area contributed by atoms with Crippen LogP contribution in [-0.4, -0.2) is 18.1 Å². The van der Waals surface area contributed by atoms with Crippen molar-refractivity contribution in [1.82, 2.24) is 4.98 Å². The summed E-state index contributed by atoms with van der Waals surface area (Å²) in [5.41, 5.74) is 0.988. The molecule has 0 aromatic carbocycles. The van der Waals surface area contributed by atoms with Gasteiger partial charge in [0.15, 0.2) is 5.75 Å². The zero-order valence-corrected chi connectivity index (χ0v) is 7.66. The number of nitrogens with zero attached hydrogens (tertiary/aromatic N) is 1. The van der Waals surface area contributed by atoms with Gasteiger partial charge >= 0.3 is 0 Å². The van der Waals surface area contributed by atoms with E-state index in [9.17, 15) is 0 Å². The first-order valence-corrected chi connectivity index (χ1v) is 3.98. The summed E-state index contributed by atoms with van der Waals surface area (Å²) in [6.45, 7) is 4.17. The minimum absolute atomic E-state index is 0.404. The Kier molecular flexibility index (Phi) is 2.91. The highest BCUT2D eigenvalue weighted by Gasteiger charge is 2.01. The van der Waals surface area contributed by atoms with E-state index in [2.05, 4.69) is 24.1 Å². The number of anilines is 1. The molecule has 0 amide bonds. The summed E-state index contributed by atoms with van der Waals surface area (Å²) in [5, 5.41) is 3.26. The lowest BCUT2D eigenvalue weighted by molar-refractivity contribution is 0.414. The minimum Gasteiger partial charge on any atom is -0.493 e. The van der Waals surface area contributed by atoms with Gasteiger partial charge in [-0.25, -0.2) is 0 Å². The maximum Gasteiger partial charge on any atom is 0.160 e. The van der Waals surface area contributed by atoms with Crippen molar-refractivity contribution in [1.29, 1.82) is 0 Å². The molecule has 3 nitrogen and oxygen atoms in total. The molecule has 1 rings (SSSR count). The quantitative estimate of drug-likeness (QED) is 0.744. The van der Waals surface area contributed by atoms with Gasteiger partial charge in [0.2, 0.25) is 0 Å². The zero-order valence-electron chi connectivity index (χ0n) is 7.66. The third kappa shape index (κ3) is 2.12. The molecule has 0 atom stereocenters. The van der Waals surface area contributed by atoms with Crippen molar-refractivity contribution in [3.8, 4) is 5.75 Å². The summed E-state index contributed by atoms with van der Waals surface area (Å²) in [6.07, 6.45) is 3.44. The maximum atomic E-state index is 5.12. The molecule has 1 aromatic rings. The van der Waals surface area contributed by atoms with E-state index in [1.807, 2.05) is 6.07 Å². The van der Waals surface area contributed by atoms with Gasteiger partial charge in [0, 0.05) is 12.2 Å². The van der Waals surface area contributed by atoms with Crippen LogP contribution in [0.3, 0.4) is 0 Å². The summed E-state index contributed by atoms with van der Waals surface area (Å²) in [6, 6.07) is 2.31. The molecular weight excluding hydrogens is 152 g/mol. The molecule has 3 heteroatoms. The van der Waals surface area contributed by atoms with Gasteiger partial charge < -0.3 is 10.1 Å². The molecule has 12 heavy (non-hydrogen) atoms. The number of hydrogen-bond acceptors (Lipinski definition) is 3. The Morgan fingerprint density at radius 3 is 2.83 bits per heavy atom. The fraction of sp³-hybridized carbons (Fsp3) is 0.444. The van der Waals surface area contributed by atoms with E-state index in [-0.39, 0.29) is 0 Å². The fourth-order valence-electron chi connectivity index (χ4n) is 0.973. The van der Waals surface area contributed by atoms with Gasteiger partial charge in [0.05, 0.1) is 19.0 Å². The van der Waals surface area contributed by atoms with Crippen LogP contribution in [-0.2, 0) is 0 Å². The van der Waals surface area contributed by atoms with Gasteiger partial charge in [0.25, 0.3) is 0 Å². The van der Waals surface area contributed by atoms with Crippen LogP contribution in [0.5, 0.6) is 5.75 Å². The molecule has 1 N–H and O–H groups in total. The summed E-state index contributed by atoms with van der Waals surface area (Å²) < 4.78 is 5.12. The standard InChI is InChI=1S/C9H14N2O/c1-7(2)11-8-4-5-10-6-9(8)12-3/h4-7H,1-3H3,(H,10,11). The van der Waals surface area contributed by atoms with E-state index in [1.54, 1.807) is 19.5 Å². The number of hydrogen-bond donors (Lipinski definition) is 1. The van der Waals surface area contributed by atoms with Gasteiger partial charge in [-0.1, -0.05) is 0 Å². The van der Waals surface area contributed by atoms with Crippen molar-refractivity contribution in [2.45, 2.75) is 19.9 Å². The molecule has 1 heterocycles. The maximum absolute atomic E-state index is 5.12. The van der Waals surface area contributed by atoms with E-state index >= 15 is 0 Å². The normalized spacial score (nSPS) is 10.0. The molecule has 0 fully saturated rings. The SMILES string of the molecule is COc1cnccc1NC(C)C. The van der Waals surface area contributed by atoms with Crippen molar-refractivity contribution in [2.24, 2.45) is 0 Å². The molecule has 0 aliphatic heterocycles. The number of ether oxygens (including phenoxy) is 1. The lowest BCUT2D eigenvalue weighted by Crippen LogP contribution is -2.10. The predicted molar refractivity (Wildman–Crippen MR) is 49.5 cm³/mol. The zero-order chi connectivity index (χ0) is 8.97. The highest BCUT2D eigenvalue weighted by Crippen LogP contribution is 2.21. The van der Waals surface area contributed by atoms with E-state index in [0.717, 1.165) is 11.4 Å². The lowest BCUT2D eigenvalue weighted by atomic mass is 10.3. The van der Waals surface area contributed by atoms with Crippen LogP contribution in [0.1, 0.15) is 13.8 Å². The van der Waals surface area contributed by atoms with Crippen molar-refractivity contribution in [2.75, 3.05) is 12.4 Å². The highest BCUT2D eigenvalue weighted by atomic mass is 16.5. The molecule has 0 bridgehead atoms. The Labute approximate surface area is 72.8 Å². The second-order valence-electron chi connectivity index (χ2n) is 2.87. The minimum atomic E-state index is 0.404. The molecule has 0 unspecified atom stereocenters.